The van der Waals surface area contributed by atoms with Crippen LogP contribution < -0.4 is 5.32 Å². The van der Waals surface area contributed by atoms with Crippen LogP contribution in [-0.4, -0.2) is 30.9 Å². The molecule has 3 heteroatoms. The van der Waals surface area contributed by atoms with E-state index in [1.54, 1.807) is 7.11 Å². The number of fused-ring (bicyclic) bond motifs is 1. The van der Waals surface area contributed by atoms with Gasteiger partial charge < -0.3 is 14.6 Å². The summed E-state index contributed by atoms with van der Waals surface area (Å²) in [7, 11) is 1.74. The third kappa shape index (κ3) is 3.34. The maximum absolute atomic E-state index is 5.10. The molecule has 1 unspecified atom stereocenters. The van der Waals surface area contributed by atoms with Gasteiger partial charge >= 0.3 is 0 Å². The van der Waals surface area contributed by atoms with E-state index in [-0.39, 0.29) is 0 Å². The lowest BCUT2D eigenvalue weighted by Gasteiger charge is -2.12. The topological polar surface area (TPSA) is 26.2 Å². The predicted octanol–water partition coefficient (Wildman–Crippen LogP) is 2.66. The summed E-state index contributed by atoms with van der Waals surface area (Å²) in [4.78, 5) is 0. The van der Waals surface area contributed by atoms with Crippen LogP contribution in [0.4, 0.5) is 0 Å². The molecule has 0 aliphatic rings. The lowest BCUT2D eigenvalue weighted by molar-refractivity contribution is 0.172. The van der Waals surface area contributed by atoms with Crippen molar-refractivity contribution in [3.63, 3.8) is 0 Å². The van der Waals surface area contributed by atoms with Crippen LogP contribution in [0.5, 0.6) is 0 Å². The molecule has 1 atom stereocenters. The van der Waals surface area contributed by atoms with Crippen LogP contribution in [0.2, 0.25) is 0 Å². The number of nitrogens with zero attached hydrogens (tertiary/aromatic N) is 1. The van der Waals surface area contributed by atoms with Crippen molar-refractivity contribution in [3.8, 4) is 0 Å². The van der Waals surface area contributed by atoms with Gasteiger partial charge in [-0.1, -0.05) is 18.2 Å². The zero-order valence-corrected chi connectivity index (χ0v) is 11.2. The molecule has 0 saturated carbocycles. The molecule has 1 aromatic carbocycles. The number of benzene rings is 1. The molecular formula is C15H22N2O. The van der Waals surface area contributed by atoms with Crippen molar-refractivity contribution in [2.45, 2.75) is 25.9 Å². The molecular weight excluding hydrogens is 224 g/mol. The molecule has 2 rings (SSSR count). The number of aryl methyl sites for hydroxylation is 1. The molecule has 0 aliphatic carbocycles. The van der Waals surface area contributed by atoms with Crippen LogP contribution >= 0.6 is 0 Å². The molecule has 0 fully saturated rings. The Morgan fingerprint density at radius 3 is 2.94 bits per heavy atom. The fourth-order valence-electron chi connectivity index (χ4n) is 2.24. The SMILES string of the molecule is COCC(C)NCCCn1ccc2ccccc21. The second-order valence-electron chi connectivity index (χ2n) is 4.73. The van der Waals surface area contributed by atoms with Gasteiger partial charge in [-0.2, -0.15) is 0 Å². The van der Waals surface area contributed by atoms with E-state index in [0.29, 0.717) is 6.04 Å². The van der Waals surface area contributed by atoms with Crippen LogP contribution in [0.15, 0.2) is 36.5 Å². The van der Waals surface area contributed by atoms with Gasteiger partial charge in [-0.25, -0.2) is 0 Å². The molecule has 2 aromatic rings. The normalized spacial score (nSPS) is 13.0. The summed E-state index contributed by atoms with van der Waals surface area (Å²) < 4.78 is 7.41. The average Bonchev–Trinajstić information content (AvgIpc) is 2.78. The summed E-state index contributed by atoms with van der Waals surface area (Å²) in [6.07, 6.45) is 3.30. The van der Waals surface area contributed by atoms with E-state index < -0.39 is 0 Å². The summed E-state index contributed by atoms with van der Waals surface area (Å²) in [6.45, 7) is 5.00. The van der Waals surface area contributed by atoms with Gasteiger partial charge in [-0.05, 0) is 37.4 Å². The van der Waals surface area contributed by atoms with Gasteiger partial charge in [0.15, 0.2) is 0 Å². The van der Waals surface area contributed by atoms with E-state index in [1.807, 2.05) is 0 Å². The highest BCUT2D eigenvalue weighted by atomic mass is 16.5. The van der Waals surface area contributed by atoms with Crippen molar-refractivity contribution in [3.05, 3.63) is 36.5 Å². The van der Waals surface area contributed by atoms with Crippen molar-refractivity contribution in [2.24, 2.45) is 0 Å². The second kappa shape index (κ2) is 6.57. The summed E-state index contributed by atoms with van der Waals surface area (Å²) >= 11 is 0. The first-order valence-electron chi connectivity index (χ1n) is 6.57. The Labute approximate surface area is 109 Å². The van der Waals surface area contributed by atoms with Crippen molar-refractivity contribution < 1.29 is 4.74 Å². The molecule has 0 radical (unpaired) electrons. The summed E-state index contributed by atoms with van der Waals surface area (Å²) in [5, 5.41) is 4.77. The lowest BCUT2D eigenvalue weighted by atomic mass is 10.2. The molecule has 1 N–H and O–H groups in total. The van der Waals surface area contributed by atoms with Crippen molar-refractivity contribution in [1.29, 1.82) is 0 Å². The van der Waals surface area contributed by atoms with Gasteiger partial charge in [-0.15, -0.1) is 0 Å². The van der Waals surface area contributed by atoms with Gasteiger partial charge in [0.1, 0.15) is 0 Å². The molecule has 0 spiro atoms. The minimum Gasteiger partial charge on any atom is -0.383 e. The molecule has 3 nitrogen and oxygen atoms in total. The Morgan fingerprint density at radius 1 is 1.28 bits per heavy atom. The zero-order valence-electron chi connectivity index (χ0n) is 11.2. The Bertz CT molecular complexity index is 478. The number of hydrogen-bond donors (Lipinski definition) is 1. The standard InChI is InChI=1S/C15H22N2O/c1-13(12-18-2)16-9-5-10-17-11-8-14-6-3-4-7-15(14)17/h3-4,6-8,11,13,16H,5,9-10,12H2,1-2H3. The van der Waals surface area contributed by atoms with Gasteiger partial charge in [0.2, 0.25) is 0 Å². The van der Waals surface area contributed by atoms with Crippen LogP contribution in [-0.2, 0) is 11.3 Å². The highest BCUT2D eigenvalue weighted by molar-refractivity contribution is 5.79. The average molecular weight is 246 g/mol. The number of para-hydroxylation sites is 1. The van der Waals surface area contributed by atoms with Crippen molar-refractivity contribution in [1.82, 2.24) is 9.88 Å². The molecule has 18 heavy (non-hydrogen) atoms. The lowest BCUT2D eigenvalue weighted by Crippen LogP contribution is -2.31. The van der Waals surface area contributed by atoms with Crippen LogP contribution in [0, 0.1) is 0 Å². The van der Waals surface area contributed by atoms with E-state index in [2.05, 4.69) is 53.3 Å². The van der Waals surface area contributed by atoms with Crippen molar-refractivity contribution in [2.75, 3.05) is 20.3 Å². The van der Waals surface area contributed by atoms with E-state index >= 15 is 0 Å². The first kappa shape index (κ1) is 13.1. The maximum Gasteiger partial charge on any atom is 0.0613 e. The summed E-state index contributed by atoms with van der Waals surface area (Å²) in [5.74, 6) is 0. The fourth-order valence-corrected chi connectivity index (χ4v) is 2.24. The third-order valence-corrected chi connectivity index (χ3v) is 3.17. The van der Waals surface area contributed by atoms with Crippen LogP contribution in [0.3, 0.4) is 0 Å². The molecule has 98 valence electrons. The monoisotopic (exact) mass is 246 g/mol. The molecule has 0 amide bonds. The Hall–Kier alpha value is -1.32. The maximum atomic E-state index is 5.10. The summed E-state index contributed by atoms with van der Waals surface area (Å²) in [6, 6.07) is 11.1. The number of rotatable bonds is 7. The molecule has 0 saturated heterocycles. The number of hydrogen-bond acceptors (Lipinski definition) is 2. The first-order chi connectivity index (χ1) is 8.81. The zero-order chi connectivity index (χ0) is 12.8. The quantitative estimate of drug-likeness (QED) is 0.760. The Kier molecular flexibility index (Phi) is 4.79. The van der Waals surface area contributed by atoms with E-state index in [9.17, 15) is 0 Å². The van der Waals surface area contributed by atoms with Gasteiger partial charge in [-0.3, -0.25) is 0 Å². The molecule has 0 bridgehead atoms. The van der Waals surface area contributed by atoms with Gasteiger partial charge in [0.05, 0.1) is 6.61 Å². The Morgan fingerprint density at radius 2 is 2.11 bits per heavy atom. The van der Waals surface area contributed by atoms with Gasteiger partial charge in [0.25, 0.3) is 0 Å². The number of ether oxygens (including phenoxy) is 1. The van der Waals surface area contributed by atoms with E-state index in [4.69, 9.17) is 4.74 Å². The highest BCUT2D eigenvalue weighted by Crippen LogP contribution is 2.15. The number of nitrogens with one attached hydrogen (secondary N) is 1. The van der Waals surface area contributed by atoms with Crippen LogP contribution in [0.1, 0.15) is 13.3 Å². The smallest absolute Gasteiger partial charge is 0.0613 e. The number of methoxy groups -OCH3 is 1. The predicted molar refractivity (Wildman–Crippen MR) is 75.9 cm³/mol. The van der Waals surface area contributed by atoms with E-state index in [0.717, 1.165) is 26.1 Å². The van der Waals surface area contributed by atoms with Crippen LogP contribution in [0.25, 0.3) is 10.9 Å². The van der Waals surface area contributed by atoms with Gasteiger partial charge in [0, 0.05) is 31.4 Å². The molecule has 1 heterocycles. The van der Waals surface area contributed by atoms with E-state index in [1.165, 1.54) is 10.9 Å². The Balaban J connectivity index is 1.80. The minimum atomic E-state index is 0.427. The second-order valence-corrected chi connectivity index (χ2v) is 4.73. The third-order valence-electron chi connectivity index (χ3n) is 3.17. The number of aromatic nitrogens is 1. The summed E-state index contributed by atoms with van der Waals surface area (Å²) in [5.41, 5.74) is 1.32. The molecule has 0 aliphatic heterocycles. The first-order valence-corrected chi connectivity index (χ1v) is 6.57. The van der Waals surface area contributed by atoms with Crippen molar-refractivity contribution >= 4 is 10.9 Å². The highest BCUT2D eigenvalue weighted by Gasteiger charge is 2.01. The fraction of sp³-hybridized carbons (Fsp3) is 0.467. The largest absolute Gasteiger partial charge is 0.383 e. The molecule has 1 aromatic heterocycles. The minimum absolute atomic E-state index is 0.427.